The van der Waals surface area contributed by atoms with Gasteiger partial charge in [0.15, 0.2) is 0 Å². The van der Waals surface area contributed by atoms with Gasteiger partial charge >= 0.3 is 0 Å². The number of hydrogen-bond donors (Lipinski definition) is 1. The third-order valence-electron chi connectivity index (χ3n) is 4.73. The smallest absolute Gasteiger partial charge is 0.293 e. The first-order valence-electron chi connectivity index (χ1n) is 9.42. The van der Waals surface area contributed by atoms with E-state index in [4.69, 9.17) is 0 Å². The summed E-state index contributed by atoms with van der Waals surface area (Å²) in [6, 6.07) is 7.62. The molecule has 1 saturated heterocycles. The molecule has 1 aliphatic heterocycles. The fourth-order valence-electron chi connectivity index (χ4n) is 3.14. The Morgan fingerprint density at radius 3 is 2.60 bits per heavy atom. The normalized spacial score (nSPS) is 15.0. The van der Waals surface area contributed by atoms with Crippen LogP contribution >= 0.6 is 11.8 Å². The lowest BCUT2D eigenvalue weighted by Crippen LogP contribution is -2.35. The average Bonchev–Trinajstić information content (AvgIpc) is 2.74. The number of aromatic nitrogens is 1. The van der Waals surface area contributed by atoms with Crippen LogP contribution in [0.3, 0.4) is 0 Å². The molecule has 9 nitrogen and oxygen atoms in total. The number of thioether (sulfide) groups is 1. The molecular weight excluding hydrogens is 428 g/mol. The molecule has 1 aromatic carbocycles. The minimum absolute atomic E-state index is 0.0172. The van der Waals surface area contributed by atoms with E-state index in [9.17, 15) is 23.3 Å². The molecule has 1 amide bonds. The van der Waals surface area contributed by atoms with Crippen molar-refractivity contribution < 1.29 is 18.1 Å². The summed E-state index contributed by atoms with van der Waals surface area (Å²) in [5.74, 6) is -0.430. The topological polar surface area (TPSA) is 123 Å². The minimum atomic E-state index is -3.55. The highest BCUT2D eigenvalue weighted by Gasteiger charge is 2.26. The van der Waals surface area contributed by atoms with E-state index < -0.39 is 20.9 Å². The average molecular weight is 451 g/mol. The zero-order chi connectivity index (χ0) is 21.7. The Bertz CT molecular complexity index is 1040. The van der Waals surface area contributed by atoms with E-state index in [-0.39, 0.29) is 22.0 Å². The number of benzene rings is 1. The number of nitrogens with zero attached hydrogens (tertiary/aromatic N) is 3. The first kappa shape index (κ1) is 22.2. The number of sulfonamides is 1. The van der Waals surface area contributed by atoms with Crippen molar-refractivity contribution in [3.63, 3.8) is 0 Å². The van der Waals surface area contributed by atoms with Crippen LogP contribution in [0.15, 0.2) is 46.5 Å². The van der Waals surface area contributed by atoms with Crippen molar-refractivity contribution in [3.05, 3.63) is 52.2 Å². The van der Waals surface area contributed by atoms with Crippen LogP contribution in [-0.2, 0) is 14.8 Å². The number of nitro groups is 1. The van der Waals surface area contributed by atoms with Crippen LogP contribution in [0, 0.1) is 17.0 Å². The number of carbonyl (C=O) groups excluding carboxylic acids is 1. The van der Waals surface area contributed by atoms with Crippen LogP contribution in [-0.4, -0.2) is 47.4 Å². The second kappa shape index (κ2) is 9.54. The van der Waals surface area contributed by atoms with E-state index in [0.717, 1.165) is 31.0 Å². The molecule has 160 valence electrons. The van der Waals surface area contributed by atoms with Crippen LogP contribution in [0.5, 0.6) is 0 Å². The van der Waals surface area contributed by atoms with E-state index in [1.54, 1.807) is 25.1 Å². The van der Waals surface area contributed by atoms with E-state index in [0.29, 0.717) is 23.7 Å². The predicted octanol–water partition coefficient (Wildman–Crippen LogP) is 3.20. The zero-order valence-corrected chi connectivity index (χ0v) is 18.0. The lowest BCUT2D eigenvalue weighted by Gasteiger charge is -2.25. The second-order valence-electron chi connectivity index (χ2n) is 6.86. The van der Waals surface area contributed by atoms with Crippen LogP contribution in [0.1, 0.15) is 24.8 Å². The largest absolute Gasteiger partial charge is 0.319 e. The molecule has 1 aliphatic rings. The highest BCUT2D eigenvalue weighted by Crippen LogP contribution is 2.28. The minimum Gasteiger partial charge on any atom is -0.319 e. The van der Waals surface area contributed by atoms with Crippen LogP contribution in [0.25, 0.3) is 0 Å². The number of amides is 1. The summed E-state index contributed by atoms with van der Waals surface area (Å²) in [5, 5.41) is 14.2. The van der Waals surface area contributed by atoms with Gasteiger partial charge in [-0.2, -0.15) is 4.31 Å². The van der Waals surface area contributed by atoms with Gasteiger partial charge in [-0.05, 0) is 37.5 Å². The summed E-state index contributed by atoms with van der Waals surface area (Å²) in [6.45, 7) is 2.72. The fraction of sp³-hybridized carbons (Fsp3) is 0.368. The Kier molecular flexibility index (Phi) is 7.06. The molecule has 0 bridgehead atoms. The number of hydrogen-bond acceptors (Lipinski definition) is 7. The molecule has 0 radical (unpaired) electrons. The molecule has 2 heterocycles. The molecule has 30 heavy (non-hydrogen) atoms. The predicted molar refractivity (Wildman–Crippen MR) is 114 cm³/mol. The number of carbonyl (C=O) groups is 1. The zero-order valence-electron chi connectivity index (χ0n) is 16.4. The summed E-state index contributed by atoms with van der Waals surface area (Å²) in [5.41, 5.74) is 0.593. The van der Waals surface area contributed by atoms with Crippen LogP contribution in [0.2, 0.25) is 0 Å². The molecule has 11 heteroatoms. The summed E-state index contributed by atoms with van der Waals surface area (Å²) in [4.78, 5) is 27.2. The molecule has 1 aromatic heterocycles. The maximum Gasteiger partial charge on any atom is 0.293 e. The number of anilines is 1. The van der Waals surface area contributed by atoms with Gasteiger partial charge < -0.3 is 5.32 Å². The van der Waals surface area contributed by atoms with Crippen molar-refractivity contribution in [1.82, 2.24) is 9.29 Å². The van der Waals surface area contributed by atoms with Crippen molar-refractivity contribution in [3.8, 4) is 0 Å². The molecule has 1 fully saturated rings. The number of para-hydroxylation sites is 1. The fourth-order valence-corrected chi connectivity index (χ4v) is 5.25. The van der Waals surface area contributed by atoms with Crippen molar-refractivity contribution in [1.29, 1.82) is 0 Å². The molecule has 0 unspecified atom stereocenters. The molecular formula is C19H22N4O5S2. The first-order valence-corrected chi connectivity index (χ1v) is 11.8. The lowest BCUT2D eigenvalue weighted by molar-refractivity contribution is -0.384. The third-order valence-corrected chi connectivity index (χ3v) is 7.55. The van der Waals surface area contributed by atoms with Crippen molar-refractivity contribution in [2.75, 3.05) is 24.2 Å². The molecule has 2 aromatic rings. The summed E-state index contributed by atoms with van der Waals surface area (Å²) in [7, 11) is -3.55. The Morgan fingerprint density at radius 1 is 1.23 bits per heavy atom. The summed E-state index contributed by atoms with van der Waals surface area (Å²) in [6.07, 6.45) is 4.05. The standard InChI is InChI=1S/C19H22N4O5S2/c1-14-6-5-7-16(23(25)26)19(14)21-17(24)13-29-18-9-8-15(12-20-18)30(27,28)22-10-3-2-4-11-22/h5-9,12H,2-4,10-11,13H2,1H3,(H,21,24). The quantitative estimate of drug-likeness (QED) is 0.390. The van der Waals surface area contributed by atoms with Gasteiger partial charge in [0.25, 0.3) is 5.69 Å². The van der Waals surface area contributed by atoms with Gasteiger partial charge in [-0.1, -0.05) is 30.3 Å². The van der Waals surface area contributed by atoms with Crippen molar-refractivity contribution >= 4 is 39.1 Å². The molecule has 0 saturated carbocycles. The van der Waals surface area contributed by atoms with Gasteiger partial charge in [0.2, 0.25) is 15.9 Å². The molecule has 0 spiro atoms. The number of nitro benzene ring substituents is 1. The SMILES string of the molecule is Cc1cccc([N+](=O)[O-])c1NC(=O)CSc1ccc(S(=O)(=O)N2CCCCC2)cn1. The van der Waals surface area contributed by atoms with Crippen LogP contribution in [0.4, 0.5) is 11.4 Å². The molecule has 0 aliphatic carbocycles. The van der Waals surface area contributed by atoms with E-state index >= 15 is 0 Å². The number of nitrogens with one attached hydrogen (secondary N) is 1. The van der Waals surface area contributed by atoms with E-state index in [2.05, 4.69) is 10.3 Å². The van der Waals surface area contributed by atoms with Crippen LogP contribution < -0.4 is 5.32 Å². The number of aryl methyl sites for hydroxylation is 1. The first-order chi connectivity index (χ1) is 14.3. The number of piperidine rings is 1. The van der Waals surface area contributed by atoms with Gasteiger partial charge in [0.1, 0.15) is 10.6 Å². The Morgan fingerprint density at radius 2 is 1.97 bits per heavy atom. The Balaban J connectivity index is 1.62. The maximum atomic E-state index is 12.6. The van der Waals surface area contributed by atoms with E-state index in [1.807, 2.05) is 0 Å². The van der Waals surface area contributed by atoms with Gasteiger partial charge in [0, 0.05) is 25.4 Å². The highest BCUT2D eigenvalue weighted by atomic mass is 32.2. The molecule has 1 N–H and O–H groups in total. The Hall–Kier alpha value is -2.50. The second-order valence-corrected chi connectivity index (χ2v) is 9.79. The number of pyridine rings is 1. The highest BCUT2D eigenvalue weighted by molar-refractivity contribution is 7.99. The Labute approximate surface area is 179 Å². The van der Waals surface area contributed by atoms with Crippen molar-refractivity contribution in [2.24, 2.45) is 0 Å². The summed E-state index contributed by atoms with van der Waals surface area (Å²) >= 11 is 1.12. The van der Waals surface area contributed by atoms with E-state index in [1.165, 1.54) is 22.6 Å². The van der Waals surface area contributed by atoms with Gasteiger partial charge in [-0.15, -0.1) is 0 Å². The molecule has 3 rings (SSSR count). The molecule has 0 atom stereocenters. The third kappa shape index (κ3) is 5.15. The van der Waals surface area contributed by atoms with Gasteiger partial charge in [-0.3, -0.25) is 14.9 Å². The van der Waals surface area contributed by atoms with Gasteiger partial charge in [0.05, 0.1) is 15.7 Å². The summed E-state index contributed by atoms with van der Waals surface area (Å²) < 4.78 is 26.8. The number of rotatable bonds is 7. The maximum absolute atomic E-state index is 12.6. The van der Waals surface area contributed by atoms with Gasteiger partial charge in [-0.25, -0.2) is 13.4 Å². The lowest BCUT2D eigenvalue weighted by atomic mass is 10.1. The monoisotopic (exact) mass is 450 g/mol. The van der Waals surface area contributed by atoms with Crippen molar-refractivity contribution in [2.45, 2.75) is 36.1 Å².